The second-order valence-corrected chi connectivity index (χ2v) is 7.08. The molecule has 2 aromatic rings. The quantitative estimate of drug-likeness (QED) is 0.386. The molecule has 0 unspecified atom stereocenters. The van der Waals surface area contributed by atoms with Gasteiger partial charge in [-0.1, -0.05) is 12.1 Å². The number of carboxylic acid groups (broad SMARTS) is 2. The number of hydrogen-bond donors (Lipinski definition) is 4. The number of carbonyl (C=O) groups excluding carboxylic acids is 2. The van der Waals surface area contributed by atoms with Gasteiger partial charge in [-0.25, -0.2) is 0 Å². The summed E-state index contributed by atoms with van der Waals surface area (Å²) in [6.45, 7) is 1.00. The highest BCUT2D eigenvalue weighted by Crippen LogP contribution is 2.31. The van der Waals surface area contributed by atoms with Crippen LogP contribution in [0.3, 0.4) is 0 Å². The van der Waals surface area contributed by atoms with Crippen LogP contribution in [-0.4, -0.2) is 77.0 Å². The van der Waals surface area contributed by atoms with Gasteiger partial charge in [0.05, 0.1) is 12.0 Å². The van der Waals surface area contributed by atoms with Gasteiger partial charge in [0.2, 0.25) is 0 Å². The van der Waals surface area contributed by atoms with Crippen LogP contribution in [0.2, 0.25) is 0 Å². The molecular formula is C20H24N4O6. The van der Waals surface area contributed by atoms with Crippen LogP contribution >= 0.6 is 0 Å². The molecule has 1 atom stereocenters. The molecule has 0 fully saturated rings. The van der Waals surface area contributed by atoms with Gasteiger partial charge in [0.25, 0.3) is 11.8 Å². The number of aliphatic carboxylic acids is 2. The van der Waals surface area contributed by atoms with Gasteiger partial charge in [-0.2, -0.15) is 0 Å². The Kier molecular flexibility index (Phi) is 7.09. The van der Waals surface area contributed by atoms with E-state index >= 15 is 0 Å². The SMILES string of the molecule is CN(C)CCN1C(=O)c2cccc3cc(N)cc(c23)C1=O.N[C@@H](CC(=O)O)C(=O)O. The van der Waals surface area contributed by atoms with Crippen molar-refractivity contribution in [2.24, 2.45) is 5.73 Å². The minimum absolute atomic E-state index is 0.232. The Hall–Kier alpha value is -3.50. The molecule has 2 aromatic carbocycles. The predicted molar refractivity (Wildman–Crippen MR) is 110 cm³/mol. The molecule has 3 rings (SSSR count). The van der Waals surface area contributed by atoms with Gasteiger partial charge in [0.1, 0.15) is 6.04 Å². The van der Waals surface area contributed by atoms with Crippen LogP contribution in [0.4, 0.5) is 5.69 Å². The monoisotopic (exact) mass is 416 g/mol. The number of anilines is 1. The maximum absolute atomic E-state index is 12.6. The van der Waals surface area contributed by atoms with Crippen LogP contribution in [-0.2, 0) is 9.59 Å². The van der Waals surface area contributed by atoms with E-state index in [1.807, 2.05) is 31.1 Å². The van der Waals surface area contributed by atoms with Crippen LogP contribution in [0.5, 0.6) is 0 Å². The van der Waals surface area contributed by atoms with E-state index in [-0.39, 0.29) is 11.8 Å². The van der Waals surface area contributed by atoms with Crippen molar-refractivity contribution in [3.05, 3.63) is 41.5 Å². The number of carbonyl (C=O) groups is 4. The lowest BCUT2D eigenvalue weighted by Crippen LogP contribution is -2.43. The summed E-state index contributed by atoms with van der Waals surface area (Å²) in [5, 5.41) is 17.6. The zero-order valence-electron chi connectivity index (χ0n) is 16.7. The lowest BCUT2D eigenvalue weighted by Gasteiger charge is -2.28. The summed E-state index contributed by atoms with van der Waals surface area (Å²) in [6.07, 6.45) is -0.532. The fourth-order valence-corrected chi connectivity index (χ4v) is 2.96. The van der Waals surface area contributed by atoms with Crippen LogP contribution in [0.15, 0.2) is 30.3 Å². The summed E-state index contributed by atoms with van der Waals surface area (Å²) in [4.78, 5) is 48.0. The van der Waals surface area contributed by atoms with Gasteiger partial charge in [0, 0.05) is 29.7 Å². The maximum atomic E-state index is 12.6. The van der Waals surface area contributed by atoms with Gasteiger partial charge in [-0.05, 0) is 37.7 Å². The third kappa shape index (κ3) is 5.10. The number of amides is 2. The van der Waals surface area contributed by atoms with Crippen molar-refractivity contribution >= 4 is 40.2 Å². The predicted octanol–water partition coefficient (Wildman–Crippen LogP) is 0.453. The Labute approximate surface area is 172 Å². The molecule has 0 aliphatic carbocycles. The zero-order chi connectivity index (χ0) is 22.6. The van der Waals surface area contributed by atoms with E-state index < -0.39 is 24.4 Å². The van der Waals surface area contributed by atoms with Crippen LogP contribution in [0, 0.1) is 0 Å². The molecule has 1 aliphatic rings. The van der Waals surface area contributed by atoms with E-state index in [2.05, 4.69) is 0 Å². The van der Waals surface area contributed by atoms with Crippen molar-refractivity contribution in [1.29, 1.82) is 0 Å². The van der Waals surface area contributed by atoms with Crippen LogP contribution < -0.4 is 11.5 Å². The Morgan fingerprint density at radius 3 is 2.27 bits per heavy atom. The first-order valence-corrected chi connectivity index (χ1v) is 9.06. The number of nitrogens with two attached hydrogens (primary N) is 2. The number of benzene rings is 2. The number of nitrogen functional groups attached to an aromatic ring is 1. The second kappa shape index (κ2) is 9.33. The summed E-state index contributed by atoms with van der Waals surface area (Å²) in [7, 11) is 3.82. The number of hydrogen-bond acceptors (Lipinski definition) is 7. The fourth-order valence-electron chi connectivity index (χ4n) is 2.96. The van der Waals surface area contributed by atoms with Crippen molar-refractivity contribution in [1.82, 2.24) is 9.80 Å². The minimum atomic E-state index is -1.29. The molecule has 0 spiro atoms. The number of rotatable bonds is 6. The highest BCUT2D eigenvalue weighted by atomic mass is 16.4. The third-order valence-electron chi connectivity index (χ3n) is 4.43. The van der Waals surface area contributed by atoms with Gasteiger partial charge in [-0.3, -0.25) is 24.1 Å². The highest BCUT2D eigenvalue weighted by Gasteiger charge is 2.32. The molecule has 1 heterocycles. The molecule has 2 amide bonds. The van der Waals surface area contributed by atoms with Gasteiger partial charge in [0.15, 0.2) is 0 Å². The summed E-state index contributed by atoms with van der Waals surface area (Å²) < 4.78 is 0. The molecular weight excluding hydrogens is 392 g/mol. The van der Waals surface area contributed by atoms with Crippen LogP contribution in [0.1, 0.15) is 27.1 Å². The van der Waals surface area contributed by atoms with Gasteiger partial charge in [-0.15, -0.1) is 0 Å². The van der Waals surface area contributed by atoms with E-state index in [4.69, 9.17) is 21.7 Å². The Morgan fingerprint density at radius 2 is 1.73 bits per heavy atom. The van der Waals surface area contributed by atoms with Crippen molar-refractivity contribution < 1.29 is 29.4 Å². The lowest BCUT2D eigenvalue weighted by molar-refractivity contribution is -0.144. The van der Waals surface area contributed by atoms with Crippen molar-refractivity contribution in [3.8, 4) is 0 Å². The average molecular weight is 416 g/mol. The normalized spacial score (nSPS) is 13.8. The highest BCUT2D eigenvalue weighted by molar-refractivity contribution is 6.25. The molecule has 0 saturated carbocycles. The largest absolute Gasteiger partial charge is 0.481 e. The van der Waals surface area contributed by atoms with E-state index in [1.165, 1.54) is 4.90 Å². The smallest absolute Gasteiger partial charge is 0.321 e. The summed E-state index contributed by atoms with van der Waals surface area (Å²) in [5.74, 6) is -3.00. The molecule has 6 N–H and O–H groups in total. The first kappa shape index (κ1) is 22.8. The average Bonchev–Trinajstić information content (AvgIpc) is 2.65. The number of imide groups is 1. The standard InChI is InChI=1S/C16H17N3O2.C4H7NO4/c1-18(2)6-7-19-15(20)12-5-3-4-10-8-11(17)9-13(14(10)12)16(19)21;5-2(4(8)9)1-3(6)7/h3-5,8-9H,6-7,17H2,1-2H3;2H,1,5H2,(H,6,7)(H,8,9)/t;2-/m.0/s1. The first-order chi connectivity index (χ1) is 14.0. The molecule has 30 heavy (non-hydrogen) atoms. The molecule has 0 saturated heterocycles. The van der Waals surface area contributed by atoms with E-state index in [9.17, 15) is 19.2 Å². The fraction of sp³-hybridized carbons (Fsp3) is 0.300. The second-order valence-electron chi connectivity index (χ2n) is 7.08. The minimum Gasteiger partial charge on any atom is -0.481 e. The summed E-state index contributed by atoms with van der Waals surface area (Å²) >= 11 is 0. The molecule has 10 nitrogen and oxygen atoms in total. The Balaban J connectivity index is 0.000000303. The Morgan fingerprint density at radius 1 is 1.10 bits per heavy atom. The topological polar surface area (TPSA) is 167 Å². The molecule has 0 bridgehead atoms. The number of carboxylic acids is 2. The molecule has 10 heteroatoms. The first-order valence-electron chi connectivity index (χ1n) is 9.06. The molecule has 0 radical (unpaired) electrons. The van der Waals surface area contributed by atoms with Crippen LogP contribution in [0.25, 0.3) is 10.8 Å². The Bertz CT molecular complexity index is 1000. The van der Waals surface area contributed by atoms with E-state index in [1.54, 1.807) is 18.2 Å². The van der Waals surface area contributed by atoms with Crippen molar-refractivity contribution in [3.63, 3.8) is 0 Å². The number of nitrogens with zero attached hydrogens (tertiary/aromatic N) is 2. The molecule has 1 aliphatic heterocycles. The third-order valence-corrected chi connectivity index (χ3v) is 4.43. The number of likely N-dealkylation sites (N-methyl/N-ethyl adjacent to an activating group) is 1. The maximum Gasteiger partial charge on any atom is 0.321 e. The lowest BCUT2D eigenvalue weighted by atomic mass is 9.93. The van der Waals surface area contributed by atoms with Crippen molar-refractivity contribution in [2.75, 3.05) is 32.9 Å². The van der Waals surface area contributed by atoms with E-state index in [0.29, 0.717) is 35.3 Å². The molecule has 160 valence electrons. The van der Waals surface area contributed by atoms with E-state index in [0.717, 1.165) is 5.39 Å². The summed E-state index contributed by atoms with van der Waals surface area (Å²) in [6, 6.07) is 7.61. The van der Waals surface area contributed by atoms with Gasteiger partial charge < -0.3 is 26.6 Å². The molecule has 0 aromatic heterocycles. The zero-order valence-corrected chi connectivity index (χ0v) is 16.7. The summed E-state index contributed by atoms with van der Waals surface area (Å²) in [5.41, 5.74) is 12.3. The van der Waals surface area contributed by atoms with Gasteiger partial charge >= 0.3 is 11.9 Å². The van der Waals surface area contributed by atoms with Crippen molar-refractivity contribution in [2.45, 2.75) is 12.5 Å².